The summed E-state index contributed by atoms with van der Waals surface area (Å²) < 4.78 is 7.82. The molecule has 4 rings (SSSR count). The number of hydrogen-bond donors (Lipinski definition) is 0. The number of aryl methyl sites for hydroxylation is 1. The van der Waals surface area contributed by atoms with Gasteiger partial charge < -0.3 is 9.30 Å². The molecule has 0 saturated carbocycles. The highest BCUT2D eigenvalue weighted by Crippen LogP contribution is 2.34. The molecule has 23 heavy (non-hydrogen) atoms. The molecule has 3 aromatic heterocycles. The third-order valence-corrected chi connectivity index (χ3v) is 4.60. The van der Waals surface area contributed by atoms with Gasteiger partial charge in [0.05, 0.1) is 29.8 Å². The summed E-state index contributed by atoms with van der Waals surface area (Å²) >= 11 is 0. The highest BCUT2D eigenvalue weighted by atomic mass is 16.5. The zero-order valence-electron chi connectivity index (χ0n) is 13.2. The molecule has 1 aliphatic heterocycles. The Labute approximate surface area is 135 Å². The molecule has 3 aromatic rings. The van der Waals surface area contributed by atoms with Crippen LogP contribution in [0.1, 0.15) is 30.3 Å². The number of pyridine rings is 2. The largest absolute Gasteiger partial charge is 0.381 e. The Morgan fingerprint density at radius 3 is 2.83 bits per heavy atom. The number of nitrogens with zero attached hydrogens (tertiary/aromatic N) is 4. The molecular weight excluding hydrogens is 288 g/mol. The van der Waals surface area contributed by atoms with E-state index < -0.39 is 0 Å². The highest BCUT2D eigenvalue weighted by molar-refractivity contribution is 5.74. The Morgan fingerprint density at radius 2 is 2.04 bits per heavy atom. The van der Waals surface area contributed by atoms with Crippen molar-refractivity contribution in [1.29, 1.82) is 0 Å². The van der Waals surface area contributed by atoms with Crippen molar-refractivity contribution in [2.75, 3.05) is 13.2 Å². The van der Waals surface area contributed by atoms with Gasteiger partial charge in [-0.15, -0.1) is 0 Å². The lowest BCUT2D eigenvalue weighted by molar-refractivity contribution is 0.0542. The van der Waals surface area contributed by atoms with Gasteiger partial charge in [-0.05, 0) is 43.9 Å². The van der Waals surface area contributed by atoms with Crippen molar-refractivity contribution in [2.45, 2.75) is 25.8 Å². The third kappa shape index (κ3) is 2.72. The van der Waals surface area contributed by atoms with Crippen LogP contribution in [0.4, 0.5) is 0 Å². The van der Waals surface area contributed by atoms with E-state index in [1.54, 1.807) is 0 Å². The molecule has 0 N–H and O–H groups in total. The van der Waals surface area contributed by atoms with E-state index in [1.807, 2.05) is 31.7 Å². The molecule has 0 bridgehead atoms. The Bertz CT molecular complexity index is 793. The van der Waals surface area contributed by atoms with Crippen LogP contribution in [0.25, 0.3) is 11.0 Å². The Morgan fingerprint density at radius 1 is 1.17 bits per heavy atom. The van der Waals surface area contributed by atoms with Gasteiger partial charge in [-0.1, -0.05) is 6.07 Å². The van der Waals surface area contributed by atoms with Crippen LogP contribution in [0.2, 0.25) is 0 Å². The summed E-state index contributed by atoms with van der Waals surface area (Å²) in [7, 11) is 0. The van der Waals surface area contributed by atoms with E-state index in [2.05, 4.69) is 37.7 Å². The topological polar surface area (TPSA) is 52.8 Å². The molecule has 118 valence electrons. The molecule has 0 aromatic carbocycles. The first-order chi connectivity index (χ1) is 11.3. The van der Waals surface area contributed by atoms with E-state index in [4.69, 9.17) is 4.74 Å². The lowest BCUT2D eigenvalue weighted by atomic mass is 9.89. The maximum atomic E-state index is 5.55. The van der Waals surface area contributed by atoms with Crippen molar-refractivity contribution in [3.05, 3.63) is 54.4 Å². The first kappa shape index (κ1) is 14.3. The van der Waals surface area contributed by atoms with Crippen LogP contribution in [-0.2, 0) is 4.74 Å². The monoisotopic (exact) mass is 308 g/mol. The van der Waals surface area contributed by atoms with Gasteiger partial charge in [0.2, 0.25) is 0 Å². The normalized spacial score (nSPS) is 17.4. The molecule has 1 saturated heterocycles. The van der Waals surface area contributed by atoms with Crippen molar-refractivity contribution in [2.24, 2.45) is 5.92 Å². The molecule has 0 amide bonds. The molecule has 1 aliphatic rings. The summed E-state index contributed by atoms with van der Waals surface area (Å²) in [5, 5.41) is 0. The molecule has 1 fully saturated rings. The summed E-state index contributed by atoms with van der Waals surface area (Å²) in [4.78, 5) is 13.5. The van der Waals surface area contributed by atoms with Gasteiger partial charge in [0.1, 0.15) is 5.52 Å². The van der Waals surface area contributed by atoms with Gasteiger partial charge in [0.15, 0.2) is 0 Å². The quantitative estimate of drug-likeness (QED) is 0.746. The van der Waals surface area contributed by atoms with Crippen molar-refractivity contribution in [1.82, 2.24) is 19.5 Å². The van der Waals surface area contributed by atoms with Crippen molar-refractivity contribution in [3.8, 4) is 0 Å². The number of aromatic nitrogens is 4. The third-order valence-electron chi connectivity index (χ3n) is 4.60. The summed E-state index contributed by atoms with van der Waals surface area (Å²) in [5.41, 5.74) is 4.15. The van der Waals surface area contributed by atoms with Crippen LogP contribution in [-0.4, -0.2) is 32.7 Å². The fraction of sp³-hybridized carbons (Fsp3) is 0.389. The first-order valence-electron chi connectivity index (χ1n) is 8.11. The molecule has 0 radical (unpaired) electrons. The molecule has 0 spiro atoms. The molecule has 1 atom stereocenters. The standard InChI is InChI=1S/C18H20N4O/c1-13-10-17-16(11-20-13)21-12-22(17)18(14-5-8-23-9-6-14)15-4-2-3-7-19-15/h2-4,7,10-12,14,18H,5-6,8-9H2,1H3. The minimum absolute atomic E-state index is 0.187. The zero-order valence-corrected chi connectivity index (χ0v) is 13.2. The van der Waals surface area contributed by atoms with Gasteiger partial charge in [-0.25, -0.2) is 4.98 Å². The average molecular weight is 308 g/mol. The van der Waals surface area contributed by atoms with Gasteiger partial charge in [-0.2, -0.15) is 0 Å². The van der Waals surface area contributed by atoms with Crippen LogP contribution in [0.5, 0.6) is 0 Å². The maximum absolute atomic E-state index is 5.55. The summed E-state index contributed by atoms with van der Waals surface area (Å²) in [6, 6.07) is 8.43. The number of ether oxygens (including phenoxy) is 1. The molecular formula is C18H20N4O. The lowest BCUT2D eigenvalue weighted by Gasteiger charge is -2.31. The summed E-state index contributed by atoms with van der Waals surface area (Å²) in [6.07, 6.45) is 7.74. The van der Waals surface area contributed by atoms with E-state index in [9.17, 15) is 0 Å². The van der Waals surface area contributed by atoms with Crippen molar-refractivity contribution >= 4 is 11.0 Å². The van der Waals surface area contributed by atoms with E-state index in [-0.39, 0.29) is 6.04 Å². The number of rotatable bonds is 3. The van der Waals surface area contributed by atoms with Crippen molar-refractivity contribution < 1.29 is 4.74 Å². The maximum Gasteiger partial charge on any atom is 0.107 e. The second-order valence-corrected chi connectivity index (χ2v) is 6.12. The van der Waals surface area contributed by atoms with E-state index in [1.165, 1.54) is 0 Å². The molecule has 4 heterocycles. The van der Waals surface area contributed by atoms with Crippen LogP contribution in [0.3, 0.4) is 0 Å². The molecule has 0 aliphatic carbocycles. The predicted molar refractivity (Wildman–Crippen MR) is 88.2 cm³/mol. The number of hydrogen-bond acceptors (Lipinski definition) is 4. The Balaban J connectivity index is 1.84. The summed E-state index contributed by atoms with van der Waals surface area (Å²) in [6.45, 7) is 3.66. The van der Waals surface area contributed by atoms with Crippen molar-refractivity contribution in [3.63, 3.8) is 0 Å². The van der Waals surface area contributed by atoms with Gasteiger partial charge in [0.25, 0.3) is 0 Å². The fourth-order valence-electron chi connectivity index (χ4n) is 3.45. The van der Waals surface area contributed by atoms with Gasteiger partial charge in [-0.3, -0.25) is 9.97 Å². The number of fused-ring (bicyclic) bond motifs is 1. The average Bonchev–Trinajstić information content (AvgIpc) is 3.00. The van der Waals surface area contributed by atoms with E-state index in [0.29, 0.717) is 5.92 Å². The van der Waals surface area contributed by atoms with Gasteiger partial charge in [0, 0.05) is 25.1 Å². The fourth-order valence-corrected chi connectivity index (χ4v) is 3.45. The number of imidazole rings is 1. The second kappa shape index (κ2) is 6.08. The van der Waals surface area contributed by atoms with Crippen LogP contribution in [0.15, 0.2) is 43.0 Å². The minimum atomic E-state index is 0.187. The first-order valence-corrected chi connectivity index (χ1v) is 8.11. The van der Waals surface area contributed by atoms with Crippen LogP contribution < -0.4 is 0 Å². The van der Waals surface area contributed by atoms with Gasteiger partial charge >= 0.3 is 0 Å². The summed E-state index contributed by atoms with van der Waals surface area (Å²) in [5.74, 6) is 0.504. The highest BCUT2D eigenvalue weighted by Gasteiger charge is 2.29. The minimum Gasteiger partial charge on any atom is -0.381 e. The molecule has 1 unspecified atom stereocenters. The Hall–Kier alpha value is -2.27. The van der Waals surface area contributed by atoms with Crippen LogP contribution in [0, 0.1) is 12.8 Å². The smallest absolute Gasteiger partial charge is 0.107 e. The molecule has 5 nitrogen and oxygen atoms in total. The second-order valence-electron chi connectivity index (χ2n) is 6.12. The lowest BCUT2D eigenvalue weighted by Crippen LogP contribution is -2.27. The predicted octanol–water partition coefficient (Wildman–Crippen LogP) is 3.15. The zero-order chi connectivity index (χ0) is 15.6. The van der Waals surface area contributed by atoms with E-state index in [0.717, 1.165) is 48.5 Å². The SMILES string of the molecule is Cc1cc2c(cn1)ncn2C(c1ccccn1)C1CCOCC1. The molecule has 5 heteroatoms. The van der Waals surface area contributed by atoms with Crippen LogP contribution >= 0.6 is 0 Å². The van der Waals surface area contributed by atoms with E-state index >= 15 is 0 Å². The Kier molecular flexibility index (Phi) is 3.79.